The fourth-order valence-corrected chi connectivity index (χ4v) is 2.82. The van der Waals surface area contributed by atoms with Gasteiger partial charge in [-0.15, -0.1) is 0 Å². The molecule has 1 aliphatic carbocycles. The molecular weight excluding hydrogens is 248 g/mol. The molecule has 20 heavy (non-hydrogen) atoms. The van der Waals surface area contributed by atoms with E-state index < -0.39 is 0 Å². The predicted molar refractivity (Wildman–Crippen MR) is 79.6 cm³/mol. The van der Waals surface area contributed by atoms with Gasteiger partial charge in [-0.1, -0.05) is 25.0 Å². The van der Waals surface area contributed by atoms with E-state index in [4.69, 9.17) is 4.74 Å². The maximum Gasteiger partial charge on any atom is 0.150 e. The zero-order valence-corrected chi connectivity index (χ0v) is 11.4. The Morgan fingerprint density at radius 2 is 1.40 bits per heavy atom. The Bertz CT molecular complexity index is 563. The zero-order chi connectivity index (χ0) is 13.8. The van der Waals surface area contributed by atoms with Gasteiger partial charge in [0.1, 0.15) is 17.8 Å². The van der Waals surface area contributed by atoms with Gasteiger partial charge in [-0.05, 0) is 60.7 Å². The topological polar surface area (TPSA) is 26.3 Å². The molecule has 0 unspecified atom stereocenters. The van der Waals surface area contributed by atoms with Crippen LogP contribution >= 0.6 is 0 Å². The first-order valence-electron chi connectivity index (χ1n) is 7.18. The van der Waals surface area contributed by atoms with E-state index in [2.05, 4.69) is 12.1 Å². The molecule has 0 spiro atoms. The van der Waals surface area contributed by atoms with Crippen molar-refractivity contribution in [3.63, 3.8) is 0 Å². The van der Waals surface area contributed by atoms with Gasteiger partial charge in [0.05, 0.1) is 0 Å². The highest BCUT2D eigenvalue weighted by atomic mass is 16.5. The third kappa shape index (κ3) is 2.90. The molecule has 1 fully saturated rings. The van der Waals surface area contributed by atoms with Crippen molar-refractivity contribution in [2.45, 2.75) is 31.6 Å². The first-order valence-corrected chi connectivity index (χ1v) is 7.18. The van der Waals surface area contributed by atoms with Crippen molar-refractivity contribution in [3.8, 4) is 11.5 Å². The lowest BCUT2D eigenvalue weighted by molar-refractivity contribution is 0.112. The second-order valence-electron chi connectivity index (χ2n) is 5.34. The number of benzene rings is 2. The minimum absolute atomic E-state index is 0.661. The first-order chi connectivity index (χ1) is 9.85. The average Bonchev–Trinajstić information content (AvgIpc) is 3.03. The average molecular weight is 266 g/mol. The van der Waals surface area contributed by atoms with Crippen molar-refractivity contribution in [2.24, 2.45) is 0 Å². The maximum atomic E-state index is 10.6. The molecule has 0 N–H and O–H groups in total. The molecule has 0 radical (unpaired) electrons. The largest absolute Gasteiger partial charge is 0.457 e. The van der Waals surface area contributed by atoms with Crippen molar-refractivity contribution in [3.05, 3.63) is 59.7 Å². The van der Waals surface area contributed by atoms with Gasteiger partial charge in [-0.3, -0.25) is 4.79 Å². The number of carbonyl (C=O) groups is 1. The van der Waals surface area contributed by atoms with Crippen LogP contribution in [0.4, 0.5) is 0 Å². The summed E-state index contributed by atoms with van der Waals surface area (Å²) in [6.07, 6.45) is 6.17. The molecule has 0 aromatic heterocycles. The lowest BCUT2D eigenvalue weighted by Crippen LogP contribution is -1.92. The van der Waals surface area contributed by atoms with Gasteiger partial charge >= 0.3 is 0 Å². The first kappa shape index (κ1) is 12.9. The molecule has 1 saturated carbocycles. The van der Waals surface area contributed by atoms with Crippen LogP contribution in [0, 0.1) is 0 Å². The van der Waals surface area contributed by atoms with Crippen molar-refractivity contribution in [1.82, 2.24) is 0 Å². The molecule has 2 aromatic carbocycles. The van der Waals surface area contributed by atoms with Crippen LogP contribution in [0.25, 0.3) is 0 Å². The van der Waals surface area contributed by atoms with E-state index in [0.717, 1.165) is 23.7 Å². The zero-order valence-electron chi connectivity index (χ0n) is 11.4. The summed E-state index contributed by atoms with van der Waals surface area (Å²) in [5, 5.41) is 0. The molecule has 2 heteroatoms. The van der Waals surface area contributed by atoms with Gasteiger partial charge in [-0.25, -0.2) is 0 Å². The third-order valence-corrected chi connectivity index (χ3v) is 3.96. The summed E-state index contributed by atoms with van der Waals surface area (Å²) in [4.78, 5) is 10.6. The molecule has 3 rings (SSSR count). The van der Waals surface area contributed by atoms with Crippen LogP contribution in [0.1, 0.15) is 47.5 Å². The lowest BCUT2D eigenvalue weighted by Gasteiger charge is -2.11. The molecule has 2 nitrogen and oxygen atoms in total. The highest BCUT2D eigenvalue weighted by Gasteiger charge is 2.16. The van der Waals surface area contributed by atoms with E-state index in [0.29, 0.717) is 5.56 Å². The summed E-state index contributed by atoms with van der Waals surface area (Å²) in [6, 6.07) is 15.5. The molecule has 1 aliphatic rings. The highest BCUT2D eigenvalue weighted by molar-refractivity contribution is 5.74. The Balaban J connectivity index is 1.69. The Morgan fingerprint density at radius 3 is 1.95 bits per heavy atom. The van der Waals surface area contributed by atoms with Crippen LogP contribution in [0.15, 0.2) is 48.5 Å². The van der Waals surface area contributed by atoms with E-state index in [-0.39, 0.29) is 0 Å². The minimum atomic E-state index is 0.661. The quantitative estimate of drug-likeness (QED) is 0.732. The van der Waals surface area contributed by atoms with Gasteiger partial charge in [0.25, 0.3) is 0 Å². The Labute approximate surface area is 119 Å². The molecule has 0 bridgehead atoms. The maximum absolute atomic E-state index is 10.6. The summed E-state index contributed by atoms with van der Waals surface area (Å²) >= 11 is 0. The number of hydrogen-bond donors (Lipinski definition) is 0. The van der Waals surface area contributed by atoms with Crippen LogP contribution in [0.3, 0.4) is 0 Å². The summed E-state index contributed by atoms with van der Waals surface area (Å²) in [5.74, 6) is 2.32. The Hall–Kier alpha value is -2.09. The summed E-state index contributed by atoms with van der Waals surface area (Å²) < 4.78 is 5.78. The minimum Gasteiger partial charge on any atom is -0.457 e. The third-order valence-electron chi connectivity index (χ3n) is 3.96. The smallest absolute Gasteiger partial charge is 0.150 e. The van der Waals surface area contributed by atoms with Gasteiger partial charge in [-0.2, -0.15) is 0 Å². The molecule has 2 aromatic rings. The fraction of sp³-hybridized carbons (Fsp3) is 0.278. The van der Waals surface area contributed by atoms with Crippen LogP contribution in [0.2, 0.25) is 0 Å². The van der Waals surface area contributed by atoms with E-state index >= 15 is 0 Å². The Kier molecular flexibility index (Phi) is 3.82. The van der Waals surface area contributed by atoms with Gasteiger partial charge in [0, 0.05) is 5.56 Å². The molecule has 102 valence electrons. The van der Waals surface area contributed by atoms with Gasteiger partial charge < -0.3 is 4.74 Å². The molecule has 0 amide bonds. The number of aldehydes is 1. The van der Waals surface area contributed by atoms with Crippen molar-refractivity contribution in [1.29, 1.82) is 0 Å². The number of ether oxygens (including phenoxy) is 1. The summed E-state index contributed by atoms with van der Waals surface area (Å²) in [6.45, 7) is 0. The summed E-state index contributed by atoms with van der Waals surface area (Å²) in [7, 11) is 0. The van der Waals surface area contributed by atoms with E-state index in [1.165, 1.54) is 31.2 Å². The lowest BCUT2D eigenvalue weighted by atomic mass is 9.98. The molecular formula is C18H18O2. The number of hydrogen-bond acceptors (Lipinski definition) is 2. The SMILES string of the molecule is O=Cc1ccc(Oc2ccc(C3CCCC3)cc2)cc1. The molecule has 0 heterocycles. The monoisotopic (exact) mass is 266 g/mol. The van der Waals surface area contributed by atoms with Crippen LogP contribution < -0.4 is 4.74 Å². The second kappa shape index (κ2) is 5.91. The normalized spacial score (nSPS) is 15.2. The molecule has 0 atom stereocenters. The van der Waals surface area contributed by atoms with Gasteiger partial charge in [0.15, 0.2) is 0 Å². The fourth-order valence-electron chi connectivity index (χ4n) is 2.82. The van der Waals surface area contributed by atoms with E-state index in [1.807, 2.05) is 24.3 Å². The van der Waals surface area contributed by atoms with Crippen LogP contribution in [-0.2, 0) is 0 Å². The van der Waals surface area contributed by atoms with E-state index in [9.17, 15) is 4.79 Å². The second-order valence-corrected chi connectivity index (χ2v) is 5.34. The highest BCUT2D eigenvalue weighted by Crippen LogP contribution is 2.35. The van der Waals surface area contributed by atoms with Crippen molar-refractivity contribution < 1.29 is 9.53 Å². The van der Waals surface area contributed by atoms with Crippen LogP contribution in [-0.4, -0.2) is 6.29 Å². The number of carbonyl (C=O) groups excluding carboxylic acids is 1. The standard InChI is InChI=1S/C18H18O2/c19-13-14-5-9-17(10-6-14)20-18-11-7-16(8-12-18)15-3-1-2-4-15/h5-13,15H,1-4H2. The van der Waals surface area contributed by atoms with Crippen molar-refractivity contribution in [2.75, 3.05) is 0 Å². The Morgan fingerprint density at radius 1 is 0.850 bits per heavy atom. The number of rotatable bonds is 4. The van der Waals surface area contributed by atoms with E-state index in [1.54, 1.807) is 12.1 Å². The molecule has 0 saturated heterocycles. The predicted octanol–water partition coefficient (Wildman–Crippen LogP) is 4.95. The van der Waals surface area contributed by atoms with Crippen molar-refractivity contribution >= 4 is 6.29 Å². The molecule has 0 aliphatic heterocycles. The van der Waals surface area contributed by atoms with Crippen LogP contribution in [0.5, 0.6) is 11.5 Å². The summed E-state index contributed by atoms with van der Waals surface area (Å²) in [5.41, 5.74) is 2.08. The van der Waals surface area contributed by atoms with Gasteiger partial charge in [0.2, 0.25) is 0 Å².